The van der Waals surface area contributed by atoms with Crippen molar-refractivity contribution in [1.82, 2.24) is 0 Å². The van der Waals surface area contributed by atoms with Gasteiger partial charge in [0.05, 0.1) is 6.10 Å². The summed E-state index contributed by atoms with van der Waals surface area (Å²) >= 11 is 0. The van der Waals surface area contributed by atoms with E-state index in [9.17, 15) is 39.2 Å². The molecule has 0 saturated heterocycles. The molecule has 0 radical (unpaired) electrons. The monoisotopic (exact) mass is 770 g/mol. The van der Waals surface area contributed by atoms with E-state index >= 15 is 8.78 Å². The molecule has 0 aliphatic heterocycles. The van der Waals surface area contributed by atoms with Gasteiger partial charge in [0, 0.05) is 23.0 Å². The van der Waals surface area contributed by atoms with E-state index in [0.717, 1.165) is 5.56 Å². The summed E-state index contributed by atoms with van der Waals surface area (Å²) in [6.07, 6.45) is -7.21. The summed E-state index contributed by atoms with van der Waals surface area (Å²) in [5.41, 5.74) is -0.399. The number of benzene rings is 1. The lowest BCUT2D eigenvalue weighted by Crippen LogP contribution is -2.63. The molecular formula is C32H47F9O5SSi2. The van der Waals surface area contributed by atoms with Crippen molar-refractivity contribution in [2.75, 3.05) is 0 Å². The van der Waals surface area contributed by atoms with Crippen molar-refractivity contribution in [3.05, 3.63) is 35.1 Å². The molecule has 0 N–H and O–H groups in total. The maximum absolute atomic E-state index is 15.0. The number of halogens is 9. The van der Waals surface area contributed by atoms with E-state index in [4.69, 9.17) is 13.0 Å². The molecule has 0 amide bonds. The Hall–Kier alpha value is -1.73. The van der Waals surface area contributed by atoms with Gasteiger partial charge in [-0.1, -0.05) is 60.6 Å². The molecule has 0 bridgehead atoms. The zero-order chi connectivity index (χ0) is 38.2. The van der Waals surface area contributed by atoms with Gasteiger partial charge in [0.25, 0.3) is 0 Å². The third kappa shape index (κ3) is 7.46. The fourth-order valence-corrected chi connectivity index (χ4v) is 9.17. The van der Waals surface area contributed by atoms with Gasteiger partial charge in [-0.2, -0.15) is 47.9 Å². The van der Waals surface area contributed by atoms with Crippen LogP contribution in [-0.4, -0.2) is 55.2 Å². The van der Waals surface area contributed by atoms with E-state index in [2.05, 4.69) is 0 Å². The van der Waals surface area contributed by atoms with E-state index in [0.29, 0.717) is 12.8 Å². The van der Waals surface area contributed by atoms with Crippen molar-refractivity contribution in [2.45, 2.75) is 140 Å². The van der Waals surface area contributed by atoms with Crippen LogP contribution in [0.5, 0.6) is 5.75 Å². The fraction of sp³-hybridized carbons (Fsp3) is 0.750. The number of rotatable bonds is 10. The highest BCUT2D eigenvalue weighted by molar-refractivity contribution is 7.88. The number of allylic oxidation sites excluding steroid dienone is 2. The Labute approximate surface area is 285 Å². The Balaban J connectivity index is 2.29. The molecule has 3 rings (SSSR count). The molecule has 1 saturated carbocycles. The first-order valence-corrected chi connectivity index (χ1v) is 23.1. The average Bonchev–Trinajstić information content (AvgIpc) is 3.19. The van der Waals surface area contributed by atoms with Crippen LogP contribution in [0.4, 0.5) is 39.5 Å². The second-order valence-electron chi connectivity index (χ2n) is 16.3. The van der Waals surface area contributed by atoms with Crippen molar-refractivity contribution in [2.24, 2.45) is 11.3 Å². The number of hydrogen-bond donors (Lipinski definition) is 0. The van der Waals surface area contributed by atoms with Gasteiger partial charge < -0.3 is 13.0 Å². The average molecular weight is 771 g/mol. The highest BCUT2D eigenvalue weighted by Gasteiger charge is 2.86. The summed E-state index contributed by atoms with van der Waals surface area (Å²) in [6.45, 7) is 21.1. The summed E-state index contributed by atoms with van der Waals surface area (Å²) in [7, 11) is -11.6. The Bertz CT molecular complexity index is 1540. The Morgan fingerprint density at radius 2 is 1.43 bits per heavy atom. The van der Waals surface area contributed by atoms with E-state index in [-0.39, 0.29) is 34.3 Å². The van der Waals surface area contributed by atoms with Crippen LogP contribution in [0.3, 0.4) is 0 Å². The molecule has 0 unspecified atom stereocenters. The quantitative estimate of drug-likeness (QED) is 0.135. The topological polar surface area (TPSA) is 61.8 Å². The van der Waals surface area contributed by atoms with Crippen molar-refractivity contribution in [1.29, 1.82) is 0 Å². The molecule has 17 heteroatoms. The molecule has 5 nitrogen and oxygen atoms in total. The van der Waals surface area contributed by atoms with Gasteiger partial charge in [0.2, 0.25) is 9.04 Å². The molecule has 3 atom stereocenters. The molecule has 282 valence electrons. The largest absolute Gasteiger partial charge is 0.547 e. The smallest absolute Gasteiger partial charge is 0.460 e. The van der Waals surface area contributed by atoms with Crippen LogP contribution >= 0.6 is 0 Å². The second kappa shape index (κ2) is 12.7. The predicted molar refractivity (Wildman–Crippen MR) is 175 cm³/mol. The lowest BCUT2D eigenvalue weighted by Gasteiger charge is -2.46. The Morgan fingerprint density at radius 1 is 0.878 bits per heavy atom. The maximum Gasteiger partial charge on any atom is 0.460 e. The standard InChI is InChI=1S/C32H47F9O5SSi2/c1-26(2,3)19-12-14-21(23(17-19)45-48(8)9)22-16-20-13-15-25(46-49(10,11)27(4,5)6)28(20,7)18-24(22)44-47(42,43)32(40,41)30(35,36)29(33,34)31(37,38)39/h12,14,17,20,25,48H,13,15-16,18H2,1-11H3/t20-,25-,28-/m0/s1. The van der Waals surface area contributed by atoms with Gasteiger partial charge >= 0.3 is 33.4 Å². The van der Waals surface area contributed by atoms with E-state index in [1.807, 2.05) is 67.7 Å². The minimum atomic E-state index is -7.42. The maximum atomic E-state index is 15.0. The van der Waals surface area contributed by atoms with E-state index in [1.54, 1.807) is 25.1 Å². The van der Waals surface area contributed by atoms with Crippen molar-refractivity contribution in [3.63, 3.8) is 0 Å². The molecule has 2 aliphatic carbocycles. The highest BCUT2D eigenvalue weighted by Crippen LogP contribution is 2.60. The van der Waals surface area contributed by atoms with Crippen LogP contribution in [0.15, 0.2) is 24.0 Å². The first-order chi connectivity index (χ1) is 21.6. The van der Waals surface area contributed by atoms with Crippen molar-refractivity contribution < 1.29 is 61.0 Å². The lowest BCUT2D eigenvalue weighted by molar-refractivity contribution is -0.382. The second-order valence-corrected chi connectivity index (χ2v) is 24.9. The highest BCUT2D eigenvalue weighted by atomic mass is 32.2. The third-order valence-electron chi connectivity index (χ3n) is 10.2. The molecule has 0 spiro atoms. The number of alkyl halides is 9. The third-order valence-corrected chi connectivity index (χ3v) is 16.7. The molecular weight excluding hydrogens is 724 g/mol. The van der Waals surface area contributed by atoms with Gasteiger partial charge in [0.1, 0.15) is 11.5 Å². The van der Waals surface area contributed by atoms with Gasteiger partial charge in [0.15, 0.2) is 8.32 Å². The minimum absolute atomic E-state index is 0.00849. The Morgan fingerprint density at radius 3 is 1.90 bits per heavy atom. The summed E-state index contributed by atoms with van der Waals surface area (Å²) in [5, 5.41) is -7.26. The summed E-state index contributed by atoms with van der Waals surface area (Å²) in [4.78, 5) is 0. The normalized spacial score (nSPS) is 23.6. The molecule has 1 aromatic carbocycles. The summed E-state index contributed by atoms with van der Waals surface area (Å²) in [5.74, 6) is -15.6. The Kier molecular flexibility index (Phi) is 10.8. The molecule has 0 heterocycles. The molecule has 0 aromatic heterocycles. The van der Waals surface area contributed by atoms with Crippen LogP contribution in [-0.2, 0) is 24.1 Å². The van der Waals surface area contributed by atoms with Crippen molar-refractivity contribution >= 4 is 33.0 Å². The van der Waals surface area contributed by atoms with Gasteiger partial charge in [-0.15, -0.1) is 0 Å². The van der Waals surface area contributed by atoms with Gasteiger partial charge in [-0.05, 0) is 73.5 Å². The first-order valence-electron chi connectivity index (χ1n) is 16.0. The van der Waals surface area contributed by atoms with E-state index < -0.39 is 79.9 Å². The number of fused-ring (bicyclic) bond motifs is 1. The predicted octanol–water partition coefficient (Wildman–Crippen LogP) is 10.4. The van der Waals surface area contributed by atoms with Crippen molar-refractivity contribution in [3.8, 4) is 5.75 Å². The van der Waals surface area contributed by atoms with Crippen LogP contribution in [0.25, 0.3) is 5.57 Å². The molecule has 1 fully saturated rings. The zero-order valence-electron chi connectivity index (χ0n) is 29.6. The van der Waals surface area contributed by atoms with Crippen LogP contribution < -0.4 is 4.43 Å². The summed E-state index contributed by atoms with van der Waals surface area (Å²) < 4.78 is 169. The summed E-state index contributed by atoms with van der Waals surface area (Å²) in [6, 6.07) is 4.95. The zero-order valence-corrected chi connectivity index (χ0v) is 32.6. The first kappa shape index (κ1) is 41.7. The van der Waals surface area contributed by atoms with Crippen LogP contribution in [0, 0.1) is 11.3 Å². The van der Waals surface area contributed by atoms with Gasteiger partial charge in [-0.25, -0.2) is 0 Å². The molecule has 1 aromatic rings. The minimum Gasteiger partial charge on any atom is -0.547 e. The lowest BCUT2D eigenvalue weighted by atomic mass is 9.67. The van der Waals surface area contributed by atoms with Crippen LogP contribution in [0.2, 0.25) is 31.2 Å². The van der Waals surface area contributed by atoms with E-state index in [1.165, 1.54) is 0 Å². The number of hydrogen-bond acceptors (Lipinski definition) is 5. The molecule has 2 aliphatic rings. The fourth-order valence-electron chi connectivity index (χ4n) is 6.04. The van der Waals surface area contributed by atoms with Gasteiger partial charge in [-0.3, -0.25) is 0 Å². The molecule has 49 heavy (non-hydrogen) atoms. The SMILES string of the molecule is C[SiH](C)Oc1cc(C(C)(C)C)ccc1C1=C(OS(=O)(=O)C(F)(F)C(F)(F)C(F)(F)C(F)(F)F)C[C@@]2(C)[C@@H](CC[C@@H]2O[Si](C)(C)C(C)(C)C)C1. The van der Waals surface area contributed by atoms with Crippen LogP contribution in [0.1, 0.15) is 85.3 Å².